The van der Waals surface area contributed by atoms with Crippen molar-refractivity contribution >= 4 is 23.5 Å². The average molecular weight is 540 g/mol. The summed E-state index contributed by atoms with van der Waals surface area (Å²) in [5.74, 6) is 0.658. The van der Waals surface area contributed by atoms with Gasteiger partial charge in [-0.3, -0.25) is 9.78 Å². The van der Waals surface area contributed by atoms with Crippen LogP contribution in [0.15, 0.2) is 83.9 Å². The second-order valence-electron chi connectivity index (χ2n) is 8.58. The van der Waals surface area contributed by atoms with Crippen LogP contribution in [0.2, 0.25) is 0 Å². The Labute approximate surface area is 230 Å². The number of aromatic amines is 1. The van der Waals surface area contributed by atoms with Gasteiger partial charge in [0.05, 0.1) is 6.10 Å². The number of esters is 1. The number of carbonyl (C=O) groups is 1. The lowest BCUT2D eigenvalue weighted by Crippen LogP contribution is -2.19. The highest BCUT2D eigenvalue weighted by atomic mass is 32.2. The van der Waals surface area contributed by atoms with Crippen molar-refractivity contribution < 1.29 is 14.3 Å². The lowest BCUT2D eigenvalue weighted by molar-refractivity contribution is -0.146. The average Bonchev–Trinajstić information content (AvgIpc) is 3.37. The van der Waals surface area contributed by atoms with Crippen molar-refractivity contribution in [2.24, 2.45) is 0 Å². The van der Waals surface area contributed by atoms with E-state index in [9.17, 15) is 9.59 Å². The van der Waals surface area contributed by atoms with Crippen LogP contribution in [-0.4, -0.2) is 33.7 Å². The predicted octanol–water partition coefficient (Wildman–Crippen LogP) is 6.50. The molecule has 0 aromatic carbocycles. The van der Waals surface area contributed by atoms with E-state index in [0.29, 0.717) is 24.2 Å². The highest BCUT2D eigenvalue weighted by molar-refractivity contribution is 8.00. The van der Waals surface area contributed by atoms with Gasteiger partial charge in [-0.15, -0.1) is 11.8 Å². The van der Waals surface area contributed by atoms with Crippen LogP contribution < -0.4 is 11.4 Å². The maximum atomic E-state index is 12.0. The maximum absolute atomic E-state index is 12.0. The molecule has 0 aliphatic carbocycles. The number of allylic oxidation sites excluding steroid dienone is 12. The van der Waals surface area contributed by atoms with Gasteiger partial charge >= 0.3 is 11.7 Å². The Morgan fingerprint density at radius 1 is 1.00 bits per heavy atom. The minimum atomic E-state index is -0.491. The molecule has 0 bridgehead atoms. The molecule has 0 spiro atoms. The summed E-state index contributed by atoms with van der Waals surface area (Å²) in [5, 5.41) is 0. The van der Waals surface area contributed by atoms with Crippen LogP contribution in [0, 0.1) is 0 Å². The minimum absolute atomic E-state index is 0.181. The van der Waals surface area contributed by atoms with E-state index in [1.807, 2.05) is 6.08 Å². The number of anilines is 1. The number of aromatic nitrogens is 2. The van der Waals surface area contributed by atoms with Crippen molar-refractivity contribution in [1.29, 1.82) is 0 Å². The monoisotopic (exact) mass is 539 g/mol. The summed E-state index contributed by atoms with van der Waals surface area (Å²) < 4.78 is 11.2. The molecule has 0 radical (unpaired) electrons. The molecule has 38 heavy (non-hydrogen) atoms. The van der Waals surface area contributed by atoms with Gasteiger partial charge in [-0.2, -0.15) is 0 Å². The van der Waals surface area contributed by atoms with Crippen molar-refractivity contribution in [3.8, 4) is 0 Å². The summed E-state index contributed by atoms with van der Waals surface area (Å²) in [5.41, 5.74) is 5.73. The number of nitrogens with two attached hydrogens (primary N) is 1. The predicted molar refractivity (Wildman–Crippen MR) is 158 cm³/mol. The van der Waals surface area contributed by atoms with Crippen molar-refractivity contribution in [1.82, 2.24) is 9.97 Å². The Morgan fingerprint density at radius 2 is 1.55 bits per heavy atom. The number of thioether (sulfide) groups is 1. The van der Waals surface area contributed by atoms with Crippen LogP contribution in [0.4, 0.5) is 5.82 Å². The van der Waals surface area contributed by atoms with Crippen LogP contribution in [0.5, 0.6) is 0 Å². The molecule has 1 aromatic heterocycles. The molecule has 1 saturated heterocycles. The van der Waals surface area contributed by atoms with Gasteiger partial charge in [-0.1, -0.05) is 79.8 Å². The second kappa shape index (κ2) is 19.9. The summed E-state index contributed by atoms with van der Waals surface area (Å²) in [6.45, 7) is 2.33. The van der Waals surface area contributed by atoms with E-state index in [-0.39, 0.29) is 29.9 Å². The minimum Gasteiger partial charge on any atom is -0.462 e. The molecule has 3 N–H and O–H groups in total. The molecule has 0 amide bonds. The van der Waals surface area contributed by atoms with Crippen molar-refractivity contribution in [2.45, 2.75) is 69.8 Å². The number of nitrogens with zero attached hydrogens (tertiary/aromatic N) is 1. The molecule has 1 fully saturated rings. The SMILES string of the molecule is CC/C=C\C/C=C\C/C=C\C/C=C\C/C=C\C/C=C\CCC(=O)OC[C@@H]1O[C@@H](c2cnc(=O)[nH]c2N)CS1. The molecular weight excluding hydrogens is 498 g/mol. The van der Waals surface area contributed by atoms with Gasteiger partial charge in [-0.25, -0.2) is 9.78 Å². The normalized spacial score (nSPS) is 18.4. The first-order chi connectivity index (χ1) is 18.6. The first-order valence-corrected chi connectivity index (χ1v) is 14.3. The molecule has 2 rings (SSSR count). The third-order valence-corrected chi connectivity index (χ3v) is 6.58. The fourth-order valence-electron chi connectivity index (χ4n) is 3.45. The summed E-state index contributed by atoms with van der Waals surface area (Å²) in [6, 6.07) is 0. The van der Waals surface area contributed by atoms with Gasteiger partial charge in [-0.05, 0) is 44.9 Å². The van der Waals surface area contributed by atoms with Crippen LogP contribution >= 0.6 is 11.8 Å². The van der Waals surface area contributed by atoms with E-state index < -0.39 is 5.69 Å². The summed E-state index contributed by atoms with van der Waals surface area (Å²) >= 11 is 1.54. The van der Waals surface area contributed by atoms with Crippen molar-refractivity contribution in [3.63, 3.8) is 0 Å². The number of H-pyrrole nitrogens is 1. The van der Waals surface area contributed by atoms with Gasteiger partial charge in [0, 0.05) is 23.9 Å². The van der Waals surface area contributed by atoms with Gasteiger partial charge in [0.1, 0.15) is 17.9 Å². The molecule has 1 aromatic rings. The second-order valence-corrected chi connectivity index (χ2v) is 9.77. The topological polar surface area (TPSA) is 107 Å². The van der Waals surface area contributed by atoms with E-state index in [0.717, 1.165) is 38.5 Å². The zero-order valence-electron chi connectivity index (χ0n) is 22.3. The molecule has 206 valence electrons. The quantitative estimate of drug-likeness (QED) is 0.172. The van der Waals surface area contributed by atoms with E-state index in [4.69, 9.17) is 15.2 Å². The van der Waals surface area contributed by atoms with Crippen molar-refractivity contribution in [3.05, 3.63) is 95.2 Å². The molecule has 0 saturated carbocycles. The van der Waals surface area contributed by atoms with E-state index >= 15 is 0 Å². The maximum Gasteiger partial charge on any atom is 0.346 e. The third kappa shape index (κ3) is 14.0. The van der Waals surface area contributed by atoms with Crippen molar-refractivity contribution in [2.75, 3.05) is 18.1 Å². The zero-order valence-corrected chi connectivity index (χ0v) is 23.1. The fraction of sp³-hybridized carbons (Fsp3) is 0.433. The number of ether oxygens (including phenoxy) is 2. The largest absolute Gasteiger partial charge is 0.462 e. The van der Waals surface area contributed by atoms with E-state index in [1.54, 1.807) is 11.8 Å². The smallest absolute Gasteiger partial charge is 0.346 e. The van der Waals surface area contributed by atoms with Gasteiger partial charge in [0.15, 0.2) is 0 Å². The number of nitrogen functional groups attached to an aromatic ring is 1. The highest BCUT2D eigenvalue weighted by Gasteiger charge is 2.29. The third-order valence-electron chi connectivity index (χ3n) is 5.46. The van der Waals surface area contributed by atoms with E-state index in [1.165, 1.54) is 6.20 Å². The van der Waals surface area contributed by atoms with E-state index in [2.05, 4.69) is 83.7 Å². The molecule has 0 unspecified atom stereocenters. The van der Waals surface area contributed by atoms with Crippen LogP contribution in [-0.2, 0) is 14.3 Å². The summed E-state index contributed by atoms with van der Waals surface area (Å²) in [6.07, 6.45) is 33.8. The van der Waals surface area contributed by atoms with Crippen LogP contribution in [0.25, 0.3) is 0 Å². The number of hydrogen-bond donors (Lipinski definition) is 2. The lowest BCUT2D eigenvalue weighted by Gasteiger charge is -2.14. The molecule has 7 nitrogen and oxygen atoms in total. The number of carbonyl (C=O) groups excluding carboxylic acids is 1. The fourth-order valence-corrected chi connectivity index (χ4v) is 4.48. The Morgan fingerprint density at radius 3 is 2.11 bits per heavy atom. The molecule has 2 heterocycles. The molecule has 2 atom stereocenters. The molecule has 1 aliphatic heterocycles. The van der Waals surface area contributed by atoms with Gasteiger partial charge in [0.2, 0.25) is 0 Å². The van der Waals surface area contributed by atoms with Crippen LogP contribution in [0.1, 0.15) is 70.0 Å². The van der Waals surface area contributed by atoms with Gasteiger partial charge < -0.3 is 15.2 Å². The van der Waals surface area contributed by atoms with Gasteiger partial charge in [0.25, 0.3) is 0 Å². The first-order valence-electron chi connectivity index (χ1n) is 13.3. The lowest BCUT2D eigenvalue weighted by atomic mass is 10.2. The number of nitrogens with one attached hydrogen (secondary N) is 1. The molecule has 1 aliphatic rings. The standard InChI is InChI=1S/C30H41N3O4S/c1-2-3-4-5-6-7-8-9-10-11-12-13-14-15-16-17-18-19-20-21-27(34)36-23-28-37-26(24-38-28)25-22-32-30(35)33-29(25)31/h3-4,6-7,9-10,12-13,15-16,18-19,22,26,28H,2,5,8,11,14,17,20-21,23-24H2,1H3,(H3,31,32,33,35)/b4-3-,7-6-,10-9-,13-12-,16-15-,19-18-/t26-,28-/m1/s1. The Kier molecular flexibility index (Phi) is 16.3. The zero-order chi connectivity index (χ0) is 27.3. The summed E-state index contributed by atoms with van der Waals surface area (Å²) in [4.78, 5) is 29.4. The summed E-state index contributed by atoms with van der Waals surface area (Å²) in [7, 11) is 0. The Hall–Kier alpha value is -3.10. The molecule has 8 heteroatoms. The molecular formula is C30H41N3O4S. The van der Waals surface area contributed by atoms with Crippen LogP contribution in [0.3, 0.4) is 0 Å². The first kappa shape index (κ1) is 31.1. The highest BCUT2D eigenvalue weighted by Crippen LogP contribution is 2.36. The number of rotatable bonds is 17. The Bertz CT molecular complexity index is 1060. The number of hydrogen-bond acceptors (Lipinski definition) is 7. The Balaban J connectivity index is 1.46.